The van der Waals surface area contributed by atoms with E-state index < -0.39 is 0 Å². The topological polar surface area (TPSA) is 61.9 Å². The quantitative estimate of drug-likeness (QED) is 0.876. The van der Waals surface area contributed by atoms with Crippen molar-refractivity contribution in [1.82, 2.24) is 15.1 Å². The molecule has 3 amide bonds. The van der Waals surface area contributed by atoms with Gasteiger partial charge in [0.05, 0.1) is 19.3 Å². The van der Waals surface area contributed by atoms with Gasteiger partial charge in [0, 0.05) is 30.7 Å². The van der Waals surface area contributed by atoms with Crippen LogP contribution in [0.15, 0.2) is 28.7 Å². The van der Waals surface area contributed by atoms with Gasteiger partial charge in [-0.1, -0.05) is 28.1 Å². The molecule has 0 aromatic heterocycles. The van der Waals surface area contributed by atoms with Crippen molar-refractivity contribution in [2.24, 2.45) is 0 Å². The summed E-state index contributed by atoms with van der Waals surface area (Å²) in [4.78, 5) is 27.0. The molecule has 118 valence electrons. The third kappa shape index (κ3) is 3.48. The zero-order valence-corrected chi connectivity index (χ0v) is 13.7. The van der Waals surface area contributed by atoms with Crippen molar-refractivity contribution in [3.8, 4) is 0 Å². The van der Waals surface area contributed by atoms with Crippen LogP contribution in [0.4, 0.5) is 4.79 Å². The molecule has 0 bridgehead atoms. The van der Waals surface area contributed by atoms with Crippen LogP contribution in [0.5, 0.6) is 0 Å². The summed E-state index contributed by atoms with van der Waals surface area (Å²) in [6.07, 6.45) is -0.0398. The Hall–Kier alpha value is -1.44. The minimum atomic E-state index is -0.289. The molecule has 1 aromatic carbocycles. The summed E-state index contributed by atoms with van der Waals surface area (Å²) in [5, 5.41) is 2.65. The second-order valence-corrected chi connectivity index (χ2v) is 6.34. The number of amides is 3. The van der Waals surface area contributed by atoms with Crippen molar-refractivity contribution in [2.75, 3.05) is 39.3 Å². The molecule has 2 saturated heterocycles. The van der Waals surface area contributed by atoms with Gasteiger partial charge in [0.25, 0.3) is 0 Å². The molecular formula is C15H18BrN3O3. The summed E-state index contributed by atoms with van der Waals surface area (Å²) in [6.45, 7) is 3.19. The molecule has 0 aliphatic carbocycles. The van der Waals surface area contributed by atoms with Crippen LogP contribution in [0.3, 0.4) is 0 Å². The van der Waals surface area contributed by atoms with E-state index in [0.717, 1.165) is 10.0 Å². The fourth-order valence-corrected chi connectivity index (χ4v) is 2.98. The number of benzene rings is 1. The lowest BCUT2D eigenvalue weighted by Crippen LogP contribution is -2.46. The Bertz CT molecular complexity index is 564. The molecule has 2 aliphatic rings. The molecule has 1 atom stereocenters. The lowest BCUT2D eigenvalue weighted by atomic mass is 10.1. The Labute approximate surface area is 137 Å². The molecule has 0 unspecified atom stereocenters. The Kier molecular flexibility index (Phi) is 4.75. The molecule has 2 aliphatic heterocycles. The zero-order chi connectivity index (χ0) is 15.5. The lowest BCUT2D eigenvalue weighted by Gasteiger charge is -2.33. The molecule has 1 N–H and O–H groups in total. The molecule has 0 saturated carbocycles. The van der Waals surface area contributed by atoms with Crippen LogP contribution in [0, 0.1) is 0 Å². The summed E-state index contributed by atoms with van der Waals surface area (Å²) in [7, 11) is 0. The van der Waals surface area contributed by atoms with Gasteiger partial charge in [-0.15, -0.1) is 0 Å². The van der Waals surface area contributed by atoms with Gasteiger partial charge in [-0.25, -0.2) is 4.79 Å². The lowest BCUT2D eigenvalue weighted by molar-refractivity contribution is -0.130. The molecule has 3 rings (SSSR count). The first kappa shape index (κ1) is 15.5. The maximum Gasteiger partial charge on any atom is 0.324 e. The van der Waals surface area contributed by atoms with Crippen molar-refractivity contribution >= 4 is 27.9 Å². The van der Waals surface area contributed by atoms with Gasteiger partial charge in [0.2, 0.25) is 5.91 Å². The number of hydrogen-bond acceptors (Lipinski definition) is 4. The monoisotopic (exact) mass is 367 g/mol. The van der Waals surface area contributed by atoms with E-state index in [2.05, 4.69) is 21.2 Å². The van der Waals surface area contributed by atoms with E-state index in [-0.39, 0.29) is 24.6 Å². The minimum Gasteiger partial charge on any atom is -0.371 e. The number of halogens is 1. The molecule has 1 aromatic rings. The molecule has 0 spiro atoms. The number of urea groups is 1. The number of hydrogen-bond donors (Lipinski definition) is 1. The van der Waals surface area contributed by atoms with Crippen LogP contribution in [0.1, 0.15) is 11.7 Å². The first-order valence-corrected chi connectivity index (χ1v) is 8.10. The maximum absolute atomic E-state index is 12.2. The average molecular weight is 368 g/mol. The van der Waals surface area contributed by atoms with Crippen LogP contribution in [0.2, 0.25) is 0 Å². The highest BCUT2D eigenvalue weighted by molar-refractivity contribution is 9.10. The second-order valence-electron chi connectivity index (χ2n) is 5.42. The van der Waals surface area contributed by atoms with Gasteiger partial charge in [-0.2, -0.15) is 0 Å². The first-order valence-electron chi connectivity index (χ1n) is 7.31. The standard InChI is InChI=1S/C15H18BrN3O3/c16-12-3-1-11(2-4-12)13-9-18(7-8-22-13)10-14(20)19-6-5-17-15(19)21/h1-4,13H,5-10H2,(H,17,21)/t13-/m0/s1. The highest BCUT2D eigenvalue weighted by Crippen LogP contribution is 2.23. The van der Waals surface area contributed by atoms with E-state index in [4.69, 9.17) is 4.74 Å². The molecule has 2 heterocycles. The summed E-state index contributed by atoms with van der Waals surface area (Å²) in [5.74, 6) is -0.147. The maximum atomic E-state index is 12.2. The number of nitrogens with one attached hydrogen (secondary N) is 1. The van der Waals surface area contributed by atoms with E-state index in [9.17, 15) is 9.59 Å². The van der Waals surface area contributed by atoms with Crippen LogP contribution in [0.25, 0.3) is 0 Å². The molecule has 6 nitrogen and oxygen atoms in total. The number of morpholine rings is 1. The summed E-state index contributed by atoms with van der Waals surface area (Å²) >= 11 is 3.42. The number of nitrogens with zero attached hydrogens (tertiary/aromatic N) is 2. The van der Waals surface area contributed by atoms with E-state index >= 15 is 0 Å². The van der Waals surface area contributed by atoms with E-state index in [1.165, 1.54) is 4.90 Å². The van der Waals surface area contributed by atoms with Gasteiger partial charge < -0.3 is 10.1 Å². The summed E-state index contributed by atoms with van der Waals surface area (Å²) in [5.41, 5.74) is 1.10. The highest BCUT2D eigenvalue weighted by Gasteiger charge is 2.29. The van der Waals surface area contributed by atoms with E-state index in [1.54, 1.807) is 0 Å². The van der Waals surface area contributed by atoms with Gasteiger partial charge >= 0.3 is 6.03 Å². The van der Waals surface area contributed by atoms with Crippen LogP contribution < -0.4 is 5.32 Å². The predicted octanol–water partition coefficient (Wildman–Crippen LogP) is 1.37. The highest BCUT2D eigenvalue weighted by atomic mass is 79.9. The second kappa shape index (κ2) is 6.76. The first-order chi connectivity index (χ1) is 10.6. The fraction of sp³-hybridized carbons (Fsp3) is 0.467. The third-order valence-corrected chi connectivity index (χ3v) is 4.44. The fourth-order valence-electron chi connectivity index (χ4n) is 2.71. The van der Waals surface area contributed by atoms with E-state index in [1.807, 2.05) is 29.2 Å². The zero-order valence-electron chi connectivity index (χ0n) is 12.1. The van der Waals surface area contributed by atoms with Gasteiger partial charge in [-0.3, -0.25) is 14.6 Å². The van der Waals surface area contributed by atoms with E-state index in [0.29, 0.717) is 32.8 Å². The largest absolute Gasteiger partial charge is 0.371 e. The number of carbonyl (C=O) groups excluding carboxylic acids is 2. The van der Waals surface area contributed by atoms with Crippen molar-refractivity contribution in [3.05, 3.63) is 34.3 Å². The number of rotatable bonds is 3. The van der Waals surface area contributed by atoms with Crippen molar-refractivity contribution in [1.29, 1.82) is 0 Å². The smallest absolute Gasteiger partial charge is 0.324 e. The predicted molar refractivity (Wildman–Crippen MR) is 84.4 cm³/mol. The van der Waals surface area contributed by atoms with Gasteiger partial charge in [0.1, 0.15) is 0 Å². The van der Waals surface area contributed by atoms with Crippen LogP contribution in [-0.4, -0.2) is 61.1 Å². The Balaban J connectivity index is 1.59. The summed E-state index contributed by atoms with van der Waals surface area (Å²) < 4.78 is 6.83. The minimum absolute atomic E-state index is 0.0398. The summed E-state index contributed by atoms with van der Waals surface area (Å²) in [6, 6.07) is 7.72. The Morgan fingerprint density at radius 2 is 2.09 bits per heavy atom. The van der Waals surface area contributed by atoms with Gasteiger partial charge in [0.15, 0.2) is 0 Å². The molecule has 2 fully saturated rings. The Morgan fingerprint density at radius 3 is 2.77 bits per heavy atom. The third-order valence-electron chi connectivity index (χ3n) is 3.91. The normalized spacial score (nSPS) is 22.7. The molecule has 22 heavy (non-hydrogen) atoms. The number of carbonyl (C=O) groups is 2. The molecular weight excluding hydrogens is 350 g/mol. The molecule has 0 radical (unpaired) electrons. The number of ether oxygens (including phenoxy) is 1. The van der Waals surface area contributed by atoms with Gasteiger partial charge in [-0.05, 0) is 17.7 Å². The number of imide groups is 1. The average Bonchev–Trinajstić information content (AvgIpc) is 2.94. The van der Waals surface area contributed by atoms with Crippen molar-refractivity contribution < 1.29 is 14.3 Å². The Morgan fingerprint density at radius 1 is 1.32 bits per heavy atom. The van der Waals surface area contributed by atoms with Crippen LogP contribution in [-0.2, 0) is 9.53 Å². The van der Waals surface area contributed by atoms with Crippen LogP contribution >= 0.6 is 15.9 Å². The SMILES string of the molecule is O=C(CN1CCO[C@H](c2ccc(Br)cc2)C1)N1CCNC1=O. The van der Waals surface area contributed by atoms with Crippen molar-refractivity contribution in [3.63, 3.8) is 0 Å². The molecule has 7 heteroatoms. The van der Waals surface area contributed by atoms with Crippen molar-refractivity contribution in [2.45, 2.75) is 6.10 Å².